The number of benzene rings is 1. The van der Waals surface area contributed by atoms with Crippen LogP contribution in [0, 0.1) is 0 Å². The topological polar surface area (TPSA) is 56.0 Å². The number of anilines is 1. The van der Waals surface area contributed by atoms with Crippen LogP contribution in [-0.4, -0.2) is 9.19 Å². The van der Waals surface area contributed by atoms with Crippen LogP contribution < -0.4 is 5.73 Å². The summed E-state index contributed by atoms with van der Waals surface area (Å²) in [7, 11) is -1.03. The summed E-state index contributed by atoms with van der Waals surface area (Å²) in [5.74, 6) is 0.508. The van der Waals surface area contributed by atoms with Crippen LogP contribution in [0.3, 0.4) is 0 Å². The molecule has 0 saturated carbocycles. The van der Waals surface area contributed by atoms with Crippen molar-refractivity contribution in [2.24, 2.45) is 0 Å². The summed E-state index contributed by atoms with van der Waals surface area (Å²) in [5.41, 5.74) is 8.01. The van der Waals surface area contributed by atoms with Crippen LogP contribution in [0.1, 0.15) is 4.88 Å². The molecule has 0 aliphatic heterocycles. The Bertz CT molecular complexity index is 468. The van der Waals surface area contributed by atoms with Crippen LogP contribution in [0.15, 0.2) is 40.9 Å². The van der Waals surface area contributed by atoms with Crippen molar-refractivity contribution in [2.45, 2.75) is 10.6 Å². The van der Waals surface area contributed by atoms with E-state index in [9.17, 15) is 4.21 Å². The molecule has 1 heterocycles. The standard InChI is InChI=1S/C10H10N2OS2/c11-8-2-1-3-10(4-8)15(13)6-9-5-12-7-14-9/h1-5,7H,6,11H2. The molecule has 1 aromatic heterocycles. The number of thiazole rings is 1. The molecule has 0 spiro atoms. The number of nitrogens with zero attached hydrogens (tertiary/aromatic N) is 1. The Balaban J connectivity index is 2.15. The highest BCUT2D eigenvalue weighted by atomic mass is 32.2. The predicted octanol–water partition coefficient (Wildman–Crippen LogP) is 2.03. The molecular weight excluding hydrogens is 228 g/mol. The SMILES string of the molecule is Nc1cccc(S(=O)Cc2cncs2)c1. The van der Waals surface area contributed by atoms with E-state index >= 15 is 0 Å². The van der Waals surface area contributed by atoms with Gasteiger partial charge in [-0.15, -0.1) is 11.3 Å². The van der Waals surface area contributed by atoms with Gasteiger partial charge < -0.3 is 5.73 Å². The van der Waals surface area contributed by atoms with Crippen molar-refractivity contribution < 1.29 is 4.21 Å². The minimum atomic E-state index is -1.03. The molecule has 15 heavy (non-hydrogen) atoms. The molecule has 0 bridgehead atoms. The third-order valence-electron chi connectivity index (χ3n) is 1.88. The Labute approximate surface area is 94.4 Å². The second-order valence-electron chi connectivity index (χ2n) is 3.03. The Morgan fingerprint density at radius 3 is 3.00 bits per heavy atom. The number of nitrogen functional groups attached to an aromatic ring is 1. The Kier molecular flexibility index (Phi) is 3.13. The molecule has 0 aliphatic carbocycles. The molecule has 78 valence electrons. The van der Waals surface area contributed by atoms with E-state index in [1.54, 1.807) is 23.8 Å². The van der Waals surface area contributed by atoms with Crippen LogP contribution in [0.2, 0.25) is 0 Å². The molecule has 2 aromatic rings. The van der Waals surface area contributed by atoms with Crippen molar-refractivity contribution in [2.75, 3.05) is 5.73 Å². The average Bonchev–Trinajstić information content (AvgIpc) is 2.70. The maximum Gasteiger partial charge on any atom is 0.0794 e. The van der Waals surface area contributed by atoms with Gasteiger partial charge in [0.15, 0.2) is 0 Å². The normalized spacial score (nSPS) is 12.5. The van der Waals surface area contributed by atoms with Gasteiger partial charge in [-0.1, -0.05) is 6.07 Å². The second-order valence-corrected chi connectivity index (χ2v) is 5.45. The zero-order valence-electron chi connectivity index (χ0n) is 7.92. The Hall–Kier alpha value is -1.20. The molecule has 1 atom stereocenters. The van der Waals surface area contributed by atoms with Gasteiger partial charge in [0.2, 0.25) is 0 Å². The molecule has 2 N–H and O–H groups in total. The van der Waals surface area contributed by atoms with Crippen LogP contribution in [0.5, 0.6) is 0 Å². The first-order chi connectivity index (χ1) is 7.25. The van der Waals surface area contributed by atoms with Gasteiger partial charge in [0, 0.05) is 21.7 Å². The minimum absolute atomic E-state index is 0.508. The van der Waals surface area contributed by atoms with Gasteiger partial charge in [-0.05, 0) is 18.2 Å². The Morgan fingerprint density at radius 1 is 1.47 bits per heavy atom. The molecule has 1 aromatic carbocycles. The van der Waals surface area contributed by atoms with Crippen LogP contribution in [0.4, 0.5) is 5.69 Å². The fourth-order valence-corrected chi connectivity index (χ4v) is 3.15. The van der Waals surface area contributed by atoms with Gasteiger partial charge in [-0.3, -0.25) is 9.19 Å². The lowest BCUT2D eigenvalue weighted by atomic mass is 10.3. The van der Waals surface area contributed by atoms with E-state index in [1.165, 1.54) is 11.3 Å². The Morgan fingerprint density at radius 2 is 2.33 bits per heavy atom. The van der Waals surface area contributed by atoms with Crippen LogP contribution in [0.25, 0.3) is 0 Å². The first kappa shape index (κ1) is 10.3. The second kappa shape index (κ2) is 4.55. The quantitative estimate of drug-likeness (QED) is 0.832. The third-order valence-corrected chi connectivity index (χ3v) is 4.19. The van der Waals surface area contributed by atoms with Gasteiger partial charge >= 0.3 is 0 Å². The van der Waals surface area contributed by atoms with Crippen molar-refractivity contribution in [1.82, 2.24) is 4.98 Å². The molecule has 1 unspecified atom stereocenters. The number of hydrogen-bond acceptors (Lipinski definition) is 4. The molecule has 3 nitrogen and oxygen atoms in total. The lowest BCUT2D eigenvalue weighted by Crippen LogP contribution is -1.95. The zero-order valence-corrected chi connectivity index (χ0v) is 9.55. The predicted molar refractivity (Wildman–Crippen MR) is 63.1 cm³/mol. The molecule has 5 heteroatoms. The monoisotopic (exact) mass is 238 g/mol. The number of nitrogens with two attached hydrogens (primary N) is 1. The van der Waals surface area contributed by atoms with Gasteiger partial charge in [-0.2, -0.15) is 0 Å². The van der Waals surface area contributed by atoms with Crippen LogP contribution in [-0.2, 0) is 16.6 Å². The summed E-state index contributed by atoms with van der Waals surface area (Å²) in [5, 5.41) is 0. The number of aromatic nitrogens is 1. The highest BCUT2D eigenvalue weighted by molar-refractivity contribution is 7.84. The zero-order chi connectivity index (χ0) is 10.7. The van der Waals surface area contributed by atoms with E-state index in [1.807, 2.05) is 12.1 Å². The lowest BCUT2D eigenvalue weighted by Gasteiger charge is -2.01. The van der Waals surface area contributed by atoms with Crippen molar-refractivity contribution >= 4 is 27.8 Å². The van der Waals surface area contributed by atoms with E-state index in [0.717, 1.165) is 9.77 Å². The highest BCUT2D eigenvalue weighted by Crippen LogP contribution is 2.16. The van der Waals surface area contributed by atoms with Crippen molar-refractivity contribution in [3.05, 3.63) is 40.8 Å². The maximum absolute atomic E-state index is 11.9. The smallest absolute Gasteiger partial charge is 0.0794 e. The average molecular weight is 238 g/mol. The van der Waals surface area contributed by atoms with Gasteiger partial charge in [0.25, 0.3) is 0 Å². The first-order valence-corrected chi connectivity index (χ1v) is 6.57. The number of hydrogen-bond donors (Lipinski definition) is 1. The lowest BCUT2D eigenvalue weighted by molar-refractivity contribution is 0.683. The summed E-state index contributed by atoms with van der Waals surface area (Å²) in [6.07, 6.45) is 1.74. The summed E-state index contributed by atoms with van der Waals surface area (Å²) >= 11 is 1.51. The fraction of sp³-hybridized carbons (Fsp3) is 0.100. The fourth-order valence-electron chi connectivity index (χ4n) is 1.18. The summed E-state index contributed by atoms with van der Waals surface area (Å²) in [6.45, 7) is 0. The summed E-state index contributed by atoms with van der Waals surface area (Å²) in [6, 6.07) is 7.17. The van der Waals surface area contributed by atoms with Gasteiger partial charge in [0.1, 0.15) is 0 Å². The van der Waals surface area contributed by atoms with Crippen molar-refractivity contribution in [1.29, 1.82) is 0 Å². The minimum Gasteiger partial charge on any atom is -0.399 e. The van der Waals surface area contributed by atoms with Gasteiger partial charge in [-0.25, -0.2) is 0 Å². The van der Waals surface area contributed by atoms with E-state index < -0.39 is 10.8 Å². The van der Waals surface area contributed by atoms with Gasteiger partial charge in [0.05, 0.1) is 22.1 Å². The molecular formula is C10H10N2OS2. The molecule has 0 amide bonds. The number of rotatable bonds is 3. The molecule has 0 fully saturated rings. The van der Waals surface area contributed by atoms with E-state index in [0.29, 0.717) is 11.4 Å². The van der Waals surface area contributed by atoms with Crippen LogP contribution >= 0.6 is 11.3 Å². The highest BCUT2D eigenvalue weighted by Gasteiger charge is 2.06. The summed E-state index contributed by atoms with van der Waals surface area (Å²) in [4.78, 5) is 5.74. The molecule has 0 radical (unpaired) electrons. The van der Waals surface area contributed by atoms with Crippen molar-refractivity contribution in [3.63, 3.8) is 0 Å². The largest absolute Gasteiger partial charge is 0.399 e. The molecule has 0 saturated heterocycles. The van der Waals surface area contributed by atoms with E-state index in [-0.39, 0.29) is 0 Å². The molecule has 0 aliphatic rings. The first-order valence-electron chi connectivity index (χ1n) is 4.37. The maximum atomic E-state index is 11.9. The van der Waals surface area contributed by atoms with Crippen molar-refractivity contribution in [3.8, 4) is 0 Å². The third kappa shape index (κ3) is 2.64. The van der Waals surface area contributed by atoms with E-state index in [2.05, 4.69) is 4.98 Å². The molecule has 2 rings (SSSR count). The summed E-state index contributed by atoms with van der Waals surface area (Å²) < 4.78 is 11.9. The van der Waals surface area contributed by atoms with E-state index in [4.69, 9.17) is 5.73 Å².